The van der Waals surface area contributed by atoms with Crippen molar-refractivity contribution >= 4 is 11.5 Å². The summed E-state index contributed by atoms with van der Waals surface area (Å²) in [5.74, 6) is 1.85. The summed E-state index contributed by atoms with van der Waals surface area (Å²) < 4.78 is 0. The van der Waals surface area contributed by atoms with Crippen molar-refractivity contribution in [1.82, 2.24) is 0 Å². The number of nitrogens with two attached hydrogens (primary N) is 1. The minimum absolute atomic E-state index is 0.497. The van der Waals surface area contributed by atoms with Gasteiger partial charge in [-0.3, -0.25) is 0 Å². The Labute approximate surface area is 91.2 Å². The zero-order chi connectivity index (χ0) is 10.8. The van der Waals surface area contributed by atoms with Crippen LogP contribution in [0.1, 0.15) is 38.2 Å². The molecule has 1 fully saturated rings. The first-order chi connectivity index (χ1) is 7.18. The van der Waals surface area contributed by atoms with Crippen LogP contribution in [0.2, 0.25) is 0 Å². The van der Waals surface area contributed by atoms with Crippen molar-refractivity contribution in [2.75, 3.05) is 0 Å². The Morgan fingerprint density at radius 3 is 2.60 bits per heavy atom. The molecular formula is C13H18N2. The van der Waals surface area contributed by atoms with Gasteiger partial charge < -0.3 is 5.73 Å². The highest BCUT2D eigenvalue weighted by Crippen LogP contribution is 2.32. The van der Waals surface area contributed by atoms with Gasteiger partial charge in [0.2, 0.25) is 0 Å². The normalized spacial score (nSPS) is 17.1. The van der Waals surface area contributed by atoms with Gasteiger partial charge in [0.1, 0.15) is 5.84 Å². The van der Waals surface area contributed by atoms with Gasteiger partial charge in [-0.2, -0.15) is 0 Å². The Bertz CT molecular complexity index is 376. The van der Waals surface area contributed by atoms with E-state index in [2.05, 4.69) is 31.0 Å². The Morgan fingerprint density at radius 1 is 1.33 bits per heavy atom. The molecule has 0 atom stereocenters. The first-order valence-electron chi connectivity index (χ1n) is 5.61. The first-order valence-corrected chi connectivity index (χ1v) is 5.61. The van der Waals surface area contributed by atoms with E-state index in [1.54, 1.807) is 0 Å². The van der Waals surface area contributed by atoms with Crippen molar-refractivity contribution in [3.8, 4) is 0 Å². The molecule has 0 aliphatic heterocycles. The van der Waals surface area contributed by atoms with Crippen LogP contribution < -0.4 is 5.73 Å². The zero-order valence-corrected chi connectivity index (χ0v) is 9.40. The molecular weight excluding hydrogens is 184 g/mol. The van der Waals surface area contributed by atoms with Crippen molar-refractivity contribution in [2.45, 2.75) is 32.6 Å². The van der Waals surface area contributed by atoms with Gasteiger partial charge in [-0.05, 0) is 30.4 Å². The molecule has 0 bridgehead atoms. The van der Waals surface area contributed by atoms with Gasteiger partial charge in [0.05, 0.1) is 5.69 Å². The van der Waals surface area contributed by atoms with Gasteiger partial charge in [-0.15, -0.1) is 0 Å². The average molecular weight is 202 g/mol. The Kier molecular flexibility index (Phi) is 2.76. The molecule has 0 spiro atoms. The van der Waals surface area contributed by atoms with E-state index < -0.39 is 0 Å². The minimum Gasteiger partial charge on any atom is -0.387 e. The van der Waals surface area contributed by atoms with Crippen LogP contribution in [0.15, 0.2) is 29.3 Å². The molecule has 2 heteroatoms. The summed E-state index contributed by atoms with van der Waals surface area (Å²) in [5, 5.41) is 0. The molecule has 0 aromatic heterocycles. The number of amidine groups is 1. The van der Waals surface area contributed by atoms with Crippen molar-refractivity contribution in [3.05, 3.63) is 29.8 Å². The standard InChI is InChI=1S/C13H18N2/c1-9(2)11-5-3-4-6-12(11)15-13(14)10-7-8-10/h3-6,9-10H,7-8H2,1-2H3,(H2,14,15). The Hall–Kier alpha value is -1.31. The van der Waals surface area contributed by atoms with E-state index in [0.717, 1.165) is 11.5 Å². The smallest absolute Gasteiger partial charge is 0.103 e. The average Bonchev–Trinajstić information content (AvgIpc) is 3.01. The van der Waals surface area contributed by atoms with E-state index in [0.29, 0.717) is 11.8 Å². The predicted molar refractivity (Wildman–Crippen MR) is 64.5 cm³/mol. The number of aliphatic imine (C=N–C) groups is 1. The van der Waals surface area contributed by atoms with E-state index in [-0.39, 0.29) is 0 Å². The Morgan fingerprint density at radius 2 is 2.00 bits per heavy atom. The molecule has 0 radical (unpaired) electrons. The maximum Gasteiger partial charge on any atom is 0.103 e. The fourth-order valence-corrected chi connectivity index (χ4v) is 1.69. The molecule has 1 aliphatic rings. The van der Waals surface area contributed by atoms with Crippen molar-refractivity contribution in [1.29, 1.82) is 0 Å². The molecule has 15 heavy (non-hydrogen) atoms. The van der Waals surface area contributed by atoms with Crippen LogP contribution in [0, 0.1) is 5.92 Å². The van der Waals surface area contributed by atoms with Crippen LogP contribution in [-0.2, 0) is 0 Å². The fraction of sp³-hybridized carbons (Fsp3) is 0.462. The SMILES string of the molecule is CC(C)c1ccccc1N=C(N)C1CC1. The van der Waals surface area contributed by atoms with Crippen molar-refractivity contribution in [2.24, 2.45) is 16.6 Å². The third kappa shape index (κ3) is 2.38. The summed E-state index contributed by atoms with van der Waals surface area (Å²) in [4.78, 5) is 4.54. The summed E-state index contributed by atoms with van der Waals surface area (Å²) >= 11 is 0. The second kappa shape index (κ2) is 4.05. The molecule has 80 valence electrons. The molecule has 0 amide bonds. The number of nitrogens with zero attached hydrogens (tertiary/aromatic N) is 1. The highest BCUT2D eigenvalue weighted by molar-refractivity contribution is 5.87. The van der Waals surface area contributed by atoms with E-state index in [1.165, 1.54) is 18.4 Å². The zero-order valence-electron chi connectivity index (χ0n) is 9.40. The fourth-order valence-electron chi connectivity index (χ4n) is 1.69. The lowest BCUT2D eigenvalue weighted by Gasteiger charge is -2.09. The molecule has 1 aromatic carbocycles. The molecule has 1 saturated carbocycles. The summed E-state index contributed by atoms with van der Waals surface area (Å²) in [6.07, 6.45) is 2.42. The molecule has 2 N–H and O–H groups in total. The highest BCUT2D eigenvalue weighted by Gasteiger charge is 2.25. The second-order valence-corrected chi connectivity index (χ2v) is 4.52. The monoisotopic (exact) mass is 202 g/mol. The van der Waals surface area contributed by atoms with Crippen LogP contribution in [0.4, 0.5) is 5.69 Å². The van der Waals surface area contributed by atoms with Gasteiger partial charge in [-0.1, -0.05) is 32.0 Å². The van der Waals surface area contributed by atoms with E-state index in [4.69, 9.17) is 5.73 Å². The van der Waals surface area contributed by atoms with E-state index in [9.17, 15) is 0 Å². The lowest BCUT2D eigenvalue weighted by molar-refractivity contribution is 0.866. The third-order valence-electron chi connectivity index (χ3n) is 2.80. The molecule has 0 heterocycles. The van der Waals surface area contributed by atoms with Gasteiger partial charge in [-0.25, -0.2) is 4.99 Å². The molecule has 0 saturated heterocycles. The summed E-state index contributed by atoms with van der Waals surface area (Å²) in [5.41, 5.74) is 8.25. The van der Waals surface area contributed by atoms with Gasteiger partial charge in [0.15, 0.2) is 0 Å². The number of hydrogen-bond acceptors (Lipinski definition) is 1. The lowest BCUT2D eigenvalue weighted by Crippen LogP contribution is -2.13. The van der Waals surface area contributed by atoms with Crippen molar-refractivity contribution < 1.29 is 0 Å². The van der Waals surface area contributed by atoms with Crippen LogP contribution >= 0.6 is 0 Å². The summed E-state index contributed by atoms with van der Waals surface area (Å²) in [6, 6.07) is 8.25. The Balaban J connectivity index is 2.30. The molecule has 1 aliphatic carbocycles. The summed E-state index contributed by atoms with van der Waals surface area (Å²) in [7, 11) is 0. The molecule has 2 rings (SSSR count). The molecule has 2 nitrogen and oxygen atoms in total. The van der Waals surface area contributed by atoms with E-state index >= 15 is 0 Å². The van der Waals surface area contributed by atoms with Gasteiger partial charge >= 0.3 is 0 Å². The maximum atomic E-state index is 5.93. The topological polar surface area (TPSA) is 38.4 Å². The lowest BCUT2D eigenvalue weighted by atomic mass is 10.0. The number of para-hydroxylation sites is 1. The van der Waals surface area contributed by atoms with Crippen molar-refractivity contribution in [3.63, 3.8) is 0 Å². The third-order valence-corrected chi connectivity index (χ3v) is 2.80. The van der Waals surface area contributed by atoms with Gasteiger partial charge in [0, 0.05) is 5.92 Å². The highest BCUT2D eigenvalue weighted by atomic mass is 14.9. The number of benzene rings is 1. The van der Waals surface area contributed by atoms with Crippen LogP contribution in [0.5, 0.6) is 0 Å². The summed E-state index contributed by atoms with van der Waals surface area (Å²) in [6.45, 7) is 4.36. The largest absolute Gasteiger partial charge is 0.387 e. The van der Waals surface area contributed by atoms with Crippen LogP contribution in [-0.4, -0.2) is 5.84 Å². The quantitative estimate of drug-likeness (QED) is 0.593. The van der Waals surface area contributed by atoms with Gasteiger partial charge in [0.25, 0.3) is 0 Å². The molecule has 0 unspecified atom stereocenters. The number of hydrogen-bond donors (Lipinski definition) is 1. The van der Waals surface area contributed by atoms with E-state index in [1.807, 2.05) is 12.1 Å². The number of rotatable bonds is 3. The van der Waals surface area contributed by atoms with Crippen LogP contribution in [0.25, 0.3) is 0 Å². The minimum atomic E-state index is 0.497. The second-order valence-electron chi connectivity index (χ2n) is 4.52. The molecule has 1 aromatic rings. The van der Waals surface area contributed by atoms with Crippen LogP contribution in [0.3, 0.4) is 0 Å². The maximum absolute atomic E-state index is 5.93. The first kappa shape index (κ1) is 10.2. The predicted octanol–water partition coefficient (Wildman–Crippen LogP) is 3.21.